The number of quaternary nitrogens is 1. The minimum absolute atomic E-state index is 0.114. The second-order valence-electron chi connectivity index (χ2n) is 9.71. The van der Waals surface area contributed by atoms with E-state index in [1.165, 1.54) is 29.8 Å². The Morgan fingerprint density at radius 1 is 0.842 bits per heavy atom. The van der Waals surface area contributed by atoms with Crippen molar-refractivity contribution >= 4 is 57.7 Å². The first-order valence-electron chi connectivity index (χ1n) is 12.8. The van der Waals surface area contributed by atoms with E-state index in [0.717, 1.165) is 36.8 Å². The van der Waals surface area contributed by atoms with Crippen LogP contribution in [0.3, 0.4) is 0 Å². The zero-order valence-electron chi connectivity index (χ0n) is 22.5. The number of aryl methyl sites for hydroxylation is 2. The fourth-order valence-corrected chi connectivity index (χ4v) is 6.53. The fraction of sp³-hybridized carbons (Fsp3) is 0.538. The molecule has 0 spiro atoms. The molecule has 1 fully saturated rings. The summed E-state index contributed by atoms with van der Waals surface area (Å²) in [5.74, 6) is -1.19. The van der Waals surface area contributed by atoms with E-state index in [0.29, 0.717) is 51.8 Å². The molecule has 208 valence electrons. The summed E-state index contributed by atoms with van der Waals surface area (Å²) in [5, 5.41) is 15.4. The zero-order chi connectivity index (χ0) is 27.7. The van der Waals surface area contributed by atoms with Crippen molar-refractivity contribution in [1.29, 1.82) is 0 Å². The summed E-state index contributed by atoms with van der Waals surface area (Å²) in [4.78, 5) is 52.3. The third-order valence-corrected chi connectivity index (χ3v) is 8.86. The lowest BCUT2D eigenvalue weighted by Gasteiger charge is -2.36. The molecule has 0 unspecified atom stereocenters. The molecular formula is C26H38N5O5S2+. The van der Waals surface area contributed by atoms with Gasteiger partial charge in [-0.05, 0) is 68.5 Å². The summed E-state index contributed by atoms with van der Waals surface area (Å²) < 4.78 is 5.18. The van der Waals surface area contributed by atoms with Crippen LogP contribution in [0.5, 0.6) is 0 Å². The van der Waals surface area contributed by atoms with E-state index >= 15 is 0 Å². The highest BCUT2D eigenvalue weighted by Crippen LogP contribution is 2.30. The van der Waals surface area contributed by atoms with Gasteiger partial charge < -0.3 is 30.5 Å². The number of hydrogen-bond donors (Lipinski definition) is 4. The van der Waals surface area contributed by atoms with Crippen molar-refractivity contribution in [3.8, 4) is 0 Å². The molecule has 0 radical (unpaired) electrons. The Labute approximate surface area is 231 Å². The molecule has 0 aliphatic carbocycles. The molecule has 10 nitrogen and oxygen atoms in total. The first-order valence-corrected chi connectivity index (χ1v) is 14.6. The molecule has 0 bridgehead atoms. The van der Waals surface area contributed by atoms with Gasteiger partial charge in [-0.25, -0.2) is 4.79 Å². The number of carbonyl (C=O) groups is 4. The number of carbonyl (C=O) groups excluding carboxylic acids is 4. The lowest BCUT2D eigenvalue weighted by atomic mass is 10.2. The Morgan fingerprint density at radius 3 is 1.89 bits per heavy atom. The second kappa shape index (κ2) is 13.8. The van der Waals surface area contributed by atoms with Crippen LogP contribution in [0.2, 0.25) is 0 Å². The number of rotatable bonds is 11. The van der Waals surface area contributed by atoms with Crippen LogP contribution in [0, 0.1) is 13.8 Å². The molecule has 1 aliphatic heterocycles. The van der Waals surface area contributed by atoms with E-state index in [1.807, 2.05) is 26.3 Å². The summed E-state index contributed by atoms with van der Waals surface area (Å²) in [7, 11) is 3.13. The van der Waals surface area contributed by atoms with Gasteiger partial charge in [0.1, 0.15) is 9.75 Å². The number of thiophene rings is 2. The van der Waals surface area contributed by atoms with Crippen molar-refractivity contribution in [2.24, 2.45) is 0 Å². The van der Waals surface area contributed by atoms with Crippen LogP contribution in [-0.2, 0) is 14.3 Å². The Kier molecular flexibility index (Phi) is 10.8. The van der Waals surface area contributed by atoms with E-state index in [1.54, 1.807) is 5.38 Å². The lowest BCUT2D eigenvalue weighted by Crippen LogP contribution is -2.56. The van der Waals surface area contributed by atoms with Crippen LogP contribution in [0.1, 0.15) is 56.2 Å². The number of methoxy groups -OCH3 is 1. The number of likely N-dealkylation sites (N-methyl/N-ethyl adjacent to an activating group) is 1. The van der Waals surface area contributed by atoms with Gasteiger partial charge in [0.05, 0.1) is 31.6 Å². The highest BCUT2D eigenvalue weighted by atomic mass is 32.1. The van der Waals surface area contributed by atoms with Gasteiger partial charge in [0.25, 0.3) is 17.7 Å². The van der Waals surface area contributed by atoms with E-state index in [9.17, 15) is 19.2 Å². The lowest BCUT2D eigenvalue weighted by molar-refractivity contribution is -0.912. The largest absolute Gasteiger partial charge is 0.465 e. The number of likely N-dealkylation sites (tertiary alicyclic amines) is 1. The molecule has 0 aromatic carbocycles. The third kappa shape index (κ3) is 7.62. The molecule has 12 heteroatoms. The predicted molar refractivity (Wildman–Crippen MR) is 151 cm³/mol. The van der Waals surface area contributed by atoms with Crippen LogP contribution >= 0.6 is 22.7 Å². The van der Waals surface area contributed by atoms with Gasteiger partial charge in [0.2, 0.25) is 0 Å². The fourth-order valence-electron chi connectivity index (χ4n) is 4.69. The van der Waals surface area contributed by atoms with Crippen molar-refractivity contribution in [3.63, 3.8) is 0 Å². The molecule has 0 saturated carbocycles. The Bertz CT molecular complexity index is 1150. The van der Waals surface area contributed by atoms with Crippen LogP contribution in [-0.4, -0.2) is 81.6 Å². The molecule has 3 amide bonds. The van der Waals surface area contributed by atoms with E-state index in [4.69, 9.17) is 4.74 Å². The van der Waals surface area contributed by atoms with Crippen LogP contribution < -0.4 is 21.3 Å². The van der Waals surface area contributed by atoms with Crippen molar-refractivity contribution in [3.05, 3.63) is 31.6 Å². The summed E-state index contributed by atoms with van der Waals surface area (Å²) in [5.41, 5.74) is 2.60. The maximum atomic E-state index is 13.4. The van der Waals surface area contributed by atoms with Gasteiger partial charge in [-0.3, -0.25) is 14.4 Å². The van der Waals surface area contributed by atoms with Crippen LogP contribution in [0.4, 0.5) is 11.4 Å². The average molecular weight is 565 g/mol. The third-order valence-electron chi connectivity index (χ3n) is 6.69. The molecule has 2 aromatic heterocycles. The topological polar surface area (TPSA) is 126 Å². The Hall–Kier alpha value is -2.80. The normalized spacial score (nSPS) is 14.8. The maximum Gasteiger partial charge on any atom is 0.350 e. The van der Waals surface area contributed by atoms with Crippen molar-refractivity contribution in [2.75, 3.05) is 64.1 Å². The van der Waals surface area contributed by atoms with E-state index < -0.39 is 5.97 Å². The number of nitrogens with one attached hydrogen (secondary N) is 4. The SMILES string of the molecule is CNCCNC(=O)c1scc(C)c1NC(=O)C[N+]1(CC(=O)Nc2c(C)csc2C(=O)OC)CCCCCC1. The molecular weight excluding hydrogens is 526 g/mol. The summed E-state index contributed by atoms with van der Waals surface area (Å²) in [6.45, 7) is 6.46. The van der Waals surface area contributed by atoms with Crippen molar-refractivity contribution in [2.45, 2.75) is 39.5 Å². The minimum Gasteiger partial charge on any atom is -0.465 e. The van der Waals surface area contributed by atoms with Gasteiger partial charge in [-0.15, -0.1) is 22.7 Å². The van der Waals surface area contributed by atoms with Crippen LogP contribution in [0.25, 0.3) is 0 Å². The molecule has 3 rings (SSSR count). The van der Waals surface area contributed by atoms with E-state index in [-0.39, 0.29) is 30.8 Å². The highest BCUT2D eigenvalue weighted by molar-refractivity contribution is 7.13. The van der Waals surface area contributed by atoms with Gasteiger partial charge >= 0.3 is 5.97 Å². The van der Waals surface area contributed by atoms with E-state index in [2.05, 4.69) is 21.3 Å². The number of anilines is 2. The summed E-state index contributed by atoms with van der Waals surface area (Å²) in [6, 6.07) is 0. The molecule has 1 saturated heterocycles. The first kappa shape index (κ1) is 29.8. The van der Waals surface area contributed by atoms with Gasteiger partial charge in [-0.2, -0.15) is 0 Å². The number of nitrogens with zero attached hydrogens (tertiary/aromatic N) is 1. The molecule has 3 heterocycles. The minimum atomic E-state index is -0.492. The van der Waals surface area contributed by atoms with Crippen molar-refractivity contribution in [1.82, 2.24) is 10.6 Å². The van der Waals surface area contributed by atoms with Gasteiger partial charge in [0, 0.05) is 13.1 Å². The van der Waals surface area contributed by atoms with Gasteiger partial charge in [0.15, 0.2) is 13.1 Å². The monoisotopic (exact) mass is 564 g/mol. The standard InChI is InChI=1S/C26H37N5O5S2/c1-17-15-37-23(25(34)28-10-9-27-3)21(17)29-19(32)13-31(11-7-5-6-8-12-31)14-20(33)30-22-18(2)16-38-24(22)26(35)36-4/h15-16,27H,5-14H2,1-4H3,(H2-,28,29,30,32,33,34,35)/p+1. The molecule has 1 aliphatic rings. The number of amides is 3. The summed E-state index contributed by atoms with van der Waals surface area (Å²) >= 11 is 2.53. The number of esters is 1. The molecule has 4 N–H and O–H groups in total. The zero-order valence-corrected chi connectivity index (χ0v) is 24.2. The smallest absolute Gasteiger partial charge is 0.350 e. The molecule has 2 aromatic rings. The molecule has 0 atom stereocenters. The van der Waals surface area contributed by atoms with Gasteiger partial charge in [-0.1, -0.05) is 0 Å². The number of ether oxygens (including phenoxy) is 1. The number of hydrogen-bond acceptors (Lipinski definition) is 8. The Morgan fingerprint density at radius 2 is 1.37 bits per heavy atom. The predicted octanol–water partition coefficient (Wildman–Crippen LogP) is 3.13. The van der Waals surface area contributed by atoms with Crippen LogP contribution in [0.15, 0.2) is 10.8 Å². The average Bonchev–Trinajstić information content (AvgIpc) is 3.33. The maximum absolute atomic E-state index is 13.4. The first-order chi connectivity index (χ1) is 18.2. The molecule has 38 heavy (non-hydrogen) atoms. The second-order valence-corrected chi connectivity index (χ2v) is 11.5. The van der Waals surface area contributed by atoms with Crippen molar-refractivity contribution < 1.29 is 28.4 Å². The Balaban J connectivity index is 1.74. The quantitative estimate of drug-likeness (QED) is 0.189. The summed E-state index contributed by atoms with van der Waals surface area (Å²) in [6.07, 6.45) is 3.95. The highest BCUT2D eigenvalue weighted by Gasteiger charge is 2.35.